The van der Waals surface area contributed by atoms with Gasteiger partial charge in [0.25, 0.3) is 0 Å². The van der Waals surface area contributed by atoms with Crippen LogP contribution >= 0.6 is 0 Å². The lowest BCUT2D eigenvalue weighted by Crippen LogP contribution is -2.48. The van der Waals surface area contributed by atoms with Gasteiger partial charge in [-0.3, -0.25) is 4.79 Å². The number of hydrogen-bond acceptors (Lipinski definition) is 4. The van der Waals surface area contributed by atoms with E-state index in [4.69, 9.17) is 5.73 Å². The van der Waals surface area contributed by atoms with Crippen molar-refractivity contribution in [2.75, 3.05) is 18.1 Å². The van der Waals surface area contributed by atoms with Crippen LogP contribution in [0.2, 0.25) is 0 Å². The Morgan fingerprint density at radius 1 is 1.50 bits per heavy atom. The van der Waals surface area contributed by atoms with Crippen LogP contribution in [0.25, 0.3) is 0 Å². The maximum atomic E-state index is 11.9. The molecule has 0 radical (unpaired) electrons. The van der Waals surface area contributed by atoms with Crippen LogP contribution < -0.4 is 5.73 Å². The fourth-order valence-corrected chi connectivity index (χ4v) is 3.73. The van der Waals surface area contributed by atoms with Crippen molar-refractivity contribution in [1.29, 1.82) is 0 Å². The smallest absolute Gasteiger partial charge is 0.239 e. The van der Waals surface area contributed by atoms with Gasteiger partial charge in [-0.2, -0.15) is 0 Å². The molecule has 1 heterocycles. The molecule has 0 bridgehead atoms. The third-order valence-corrected chi connectivity index (χ3v) is 4.78. The number of nitrogens with two attached hydrogens (primary N) is 1. The highest BCUT2D eigenvalue weighted by molar-refractivity contribution is 7.91. The molecular weight excluding hydrogens is 228 g/mol. The average molecular weight is 248 g/mol. The zero-order valence-corrected chi connectivity index (χ0v) is 10.7. The molecule has 94 valence electrons. The van der Waals surface area contributed by atoms with E-state index in [0.717, 1.165) is 0 Å². The minimum atomic E-state index is -2.95. The van der Waals surface area contributed by atoms with Crippen LogP contribution in [0.3, 0.4) is 0 Å². The van der Waals surface area contributed by atoms with E-state index in [0.29, 0.717) is 19.4 Å². The number of carbonyl (C=O) groups is 1. The van der Waals surface area contributed by atoms with Crippen molar-refractivity contribution >= 4 is 15.7 Å². The molecule has 0 aromatic carbocycles. The van der Waals surface area contributed by atoms with Crippen molar-refractivity contribution in [2.24, 2.45) is 5.73 Å². The molecule has 1 aliphatic rings. The lowest BCUT2D eigenvalue weighted by Gasteiger charge is -2.29. The van der Waals surface area contributed by atoms with Crippen LogP contribution in [0, 0.1) is 0 Å². The van der Waals surface area contributed by atoms with Crippen molar-refractivity contribution in [2.45, 2.75) is 38.8 Å². The largest absolute Gasteiger partial charge is 0.338 e. The minimum absolute atomic E-state index is 0.0863. The fourth-order valence-electron chi connectivity index (χ4n) is 2.00. The summed E-state index contributed by atoms with van der Waals surface area (Å²) in [5.41, 5.74) is 5.69. The molecular formula is C10H20N2O3S. The molecule has 0 aromatic rings. The molecule has 2 unspecified atom stereocenters. The van der Waals surface area contributed by atoms with Crippen molar-refractivity contribution in [3.05, 3.63) is 0 Å². The summed E-state index contributed by atoms with van der Waals surface area (Å²) in [6.45, 7) is 4.22. The number of sulfone groups is 1. The van der Waals surface area contributed by atoms with Gasteiger partial charge < -0.3 is 10.6 Å². The van der Waals surface area contributed by atoms with Gasteiger partial charge in [0.1, 0.15) is 0 Å². The van der Waals surface area contributed by atoms with E-state index < -0.39 is 15.9 Å². The van der Waals surface area contributed by atoms with Crippen molar-refractivity contribution in [3.8, 4) is 0 Å². The molecule has 0 aromatic heterocycles. The molecule has 1 saturated heterocycles. The molecule has 0 aliphatic carbocycles. The maximum Gasteiger partial charge on any atom is 0.239 e. The van der Waals surface area contributed by atoms with E-state index in [1.807, 2.05) is 13.8 Å². The summed E-state index contributed by atoms with van der Waals surface area (Å²) < 4.78 is 22.7. The first-order valence-electron chi connectivity index (χ1n) is 5.67. The quantitative estimate of drug-likeness (QED) is 0.744. The van der Waals surface area contributed by atoms with Gasteiger partial charge in [0, 0.05) is 12.6 Å². The van der Waals surface area contributed by atoms with E-state index in [1.54, 1.807) is 4.90 Å². The third-order valence-electron chi connectivity index (χ3n) is 3.03. The Hall–Kier alpha value is -0.620. The number of amides is 1. The first-order valence-corrected chi connectivity index (χ1v) is 7.50. The zero-order valence-electron chi connectivity index (χ0n) is 9.85. The van der Waals surface area contributed by atoms with Crippen LogP contribution in [0.15, 0.2) is 0 Å². The number of nitrogens with zero attached hydrogens (tertiary/aromatic N) is 1. The summed E-state index contributed by atoms with van der Waals surface area (Å²) in [6.07, 6.45) is 1.12. The average Bonchev–Trinajstić information content (AvgIpc) is 2.58. The third kappa shape index (κ3) is 2.95. The lowest BCUT2D eigenvalue weighted by atomic mass is 10.1. The summed E-state index contributed by atoms with van der Waals surface area (Å²) in [7, 11) is -2.95. The highest BCUT2D eigenvalue weighted by Gasteiger charge is 2.34. The molecule has 1 aliphatic heterocycles. The normalized spacial score (nSPS) is 25.3. The Bertz CT molecular complexity index is 353. The van der Waals surface area contributed by atoms with E-state index >= 15 is 0 Å². The van der Waals surface area contributed by atoms with E-state index in [1.165, 1.54) is 0 Å². The fraction of sp³-hybridized carbons (Fsp3) is 0.900. The number of hydrogen-bond donors (Lipinski definition) is 1. The molecule has 0 saturated carbocycles. The lowest BCUT2D eigenvalue weighted by molar-refractivity contribution is -0.134. The second-order valence-electron chi connectivity index (χ2n) is 4.20. The summed E-state index contributed by atoms with van der Waals surface area (Å²) in [5.74, 6) is 0.137. The molecule has 1 amide bonds. The standard InChI is InChI=1S/C10H20N2O3S/c1-3-9(11)10(13)12(4-2)8-5-6-16(14,15)7-8/h8-9H,3-7,11H2,1-2H3. The highest BCUT2D eigenvalue weighted by atomic mass is 32.2. The Labute approximate surface area is 96.9 Å². The topological polar surface area (TPSA) is 80.5 Å². The Morgan fingerprint density at radius 3 is 2.50 bits per heavy atom. The van der Waals surface area contributed by atoms with Crippen LogP contribution in [-0.4, -0.2) is 49.4 Å². The summed E-state index contributed by atoms with van der Waals surface area (Å²) >= 11 is 0. The van der Waals surface area contributed by atoms with Crippen LogP contribution in [0.5, 0.6) is 0 Å². The van der Waals surface area contributed by atoms with Gasteiger partial charge in [-0.25, -0.2) is 8.42 Å². The molecule has 2 N–H and O–H groups in total. The zero-order chi connectivity index (χ0) is 12.3. The Balaban J connectivity index is 2.73. The van der Waals surface area contributed by atoms with Gasteiger partial charge in [0.05, 0.1) is 17.5 Å². The predicted molar refractivity (Wildman–Crippen MR) is 62.7 cm³/mol. The van der Waals surface area contributed by atoms with Crippen molar-refractivity contribution in [3.63, 3.8) is 0 Å². The van der Waals surface area contributed by atoms with Crippen molar-refractivity contribution in [1.82, 2.24) is 4.90 Å². The van der Waals surface area contributed by atoms with E-state index in [-0.39, 0.29) is 23.5 Å². The first-order chi connectivity index (χ1) is 7.41. The van der Waals surface area contributed by atoms with Gasteiger partial charge in [0.2, 0.25) is 5.91 Å². The highest BCUT2D eigenvalue weighted by Crippen LogP contribution is 2.18. The van der Waals surface area contributed by atoms with Gasteiger partial charge in [-0.15, -0.1) is 0 Å². The Morgan fingerprint density at radius 2 is 2.12 bits per heavy atom. The minimum Gasteiger partial charge on any atom is -0.338 e. The maximum absolute atomic E-state index is 11.9. The first kappa shape index (κ1) is 13.4. The van der Waals surface area contributed by atoms with E-state index in [9.17, 15) is 13.2 Å². The molecule has 1 fully saturated rings. The molecule has 5 nitrogen and oxygen atoms in total. The second-order valence-corrected chi connectivity index (χ2v) is 6.42. The van der Waals surface area contributed by atoms with E-state index in [2.05, 4.69) is 0 Å². The second kappa shape index (κ2) is 5.14. The summed E-state index contributed by atoms with van der Waals surface area (Å²) in [6, 6.07) is -0.691. The van der Waals surface area contributed by atoms with Crippen LogP contribution in [0.1, 0.15) is 26.7 Å². The number of carbonyl (C=O) groups excluding carboxylic acids is 1. The SMILES string of the molecule is CCC(N)C(=O)N(CC)C1CCS(=O)(=O)C1. The molecule has 6 heteroatoms. The van der Waals surface area contributed by atoms with Gasteiger partial charge >= 0.3 is 0 Å². The summed E-state index contributed by atoms with van der Waals surface area (Å²) in [5, 5.41) is 0. The summed E-state index contributed by atoms with van der Waals surface area (Å²) in [4.78, 5) is 13.5. The molecule has 16 heavy (non-hydrogen) atoms. The van der Waals surface area contributed by atoms with Crippen LogP contribution in [-0.2, 0) is 14.6 Å². The molecule has 0 spiro atoms. The molecule has 1 rings (SSSR count). The monoisotopic (exact) mass is 248 g/mol. The predicted octanol–water partition coefficient (Wildman–Crippen LogP) is -0.241. The van der Waals surface area contributed by atoms with Crippen molar-refractivity contribution < 1.29 is 13.2 Å². The van der Waals surface area contributed by atoms with Gasteiger partial charge in [-0.1, -0.05) is 6.92 Å². The number of rotatable bonds is 4. The molecule has 2 atom stereocenters. The van der Waals surface area contributed by atoms with Gasteiger partial charge in [0.15, 0.2) is 9.84 Å². The number of likely N-dealkylation sites (N-methyl/N-ethyl adjacent to an activating group) is 1. The van der Waals surface area contributed by atoms with Gasteiger partial charge in [-0.05, 0) is 19.8 Å². The Kier molecular flexibility index (Phi) is 4.32. The van der Waals surface area contributed by atoms with Crippen LogP contribution in [0.4, 0.5) is 0 Å².